The number of hydrogen-bond acceptors (Lipinski definition) is 2. The van der Waals surface area contributed by atoms with Gasteiger partial charge < -0.3 is 4.74 Å². The van der Waals surface area contributed by atoms with Crippen LogP contribution in [-0.4, -0.2) is 19.6 Å². The third-order valence-electron chi connectivity index (χ3n) is 1.88. The molecule has 92 valence electrons. The van der Waals surface area contributed by atoms with Gasteiger partial charge in [0.1, 0.15) is 5.60 Å². The van der Waals surface area contributed by atoms with Crippen molar-refractivity contribution in [3.8, 4) is 0 Å². The summed E-state index contributed by atoms with van der Waals surface area (Å²) in [6, 6.07) is 0. The number of hydrogen-bond donors (Lipinski definition) is 0. The molecule has 0 N–H and O–H groups in total. The fraction of sp³-hybridized carbons (Fsp3) is 0.615. The molecule has 0 bridgehead atoms. The topological polar surface area (TPSA) is 26.3 Å². The van der Waals surface area contributed by atoms with E-state index in [4.69, 9.17) is 4.74 Å². The Morgan fingerprint density at radius 3 is 2.00 bits per heavy atom. The number of carbonyl (C=O) groups excluding carboxylic acids is 1. The van der Waals surface area contributed by atoms with Crippen molar-refractivity contribution in [1.82, 2.24) is 0 Å². The minimum absolute atomic E-state index is 0.176. The molecular weight excluding hydrogens is 216 g/mol. The SMILES string of the molecule is CC=CC=C(C(=O)OC(C)(C)C)[Si](C)(C)C. The Balaban J connectivity index is 5.01. The lowest BCUT2D eigenvalue weighted by atomic mass is 10.2. The van der Waals surface area contributed by atoms with Crippen molar-refractivity contribution in [2.24, 2.45) is 0 Å². The van der Waals surface area contributed by atoms with Crippen LogP contribution in [0.1, 0.15) is 27.7 Å². The molecule has 0 aromatic rings. The largest absolute Gasteiger partial charge is 0.457 e. The van der Waals surface area contributed by atoms with E-state index in [1.54, 1.807) is 0 Å². The standard InChI is InChI=1S/C13H24O2Si/c1-8-9-10-11(16(5,6)7)12(14)15-13(2,3)4/h8-10H,1-7H3. The van der Waals surface area contributed by atoms with Crippen molar-refractivity contribution >= 4 is 14.0 Å². The highest BCUT2D eigenvalue weighted by atomic mass is 28.3. The summed E-state index contributed by atoms with van der Waals surface area (Å²) in [5.74, 6) is -0.176. The third kappa shape index (κ3) is 5.91. The van der Waals surface area contributed by atoms with Gasteiger partial charge in [0.05, 0.1) is 8.07 Å². The van der Waals surface area contributed by atoms with Crippen molar-refractivity contribution in [1.29, 1.82) is 0 Å². The summed E-state index contributed by atoms with van der Waals surface area (Å²) in [6.45, 7) is 14.0. The van der Waals surface area contributed by atoms with Gasteiger partial charge in [-0.3, -0.25) is 0 Å². The van der Waals surface area contributed by atoms with Gasteiger partial charge in [-0.05, 0) is 27.7 Å². The van der Waals surface area contributed by atoms with Gasteiger partial charge in [0.15, 0.2) is 0 Å². The number of carbonyl (C=O) groups is 1. The first-order chi connectivity index (χ1) is 7.08. The molecule has 2 nitrogen and oxygen atoms in total. The summed E-state index contributed by atoms with van der Waals surface area (Å²) in [5, 5.41) is 0.834. The fourth-order valence-electron chi connectivity index (χ4n) is 1.15. The van der Waals surface area contributed by atoms with Gasteiger partial charge in [0, 0.05) is 5.20 Å². The second-order valence-corrected chi connectivity index (χ2v) is 10.9. The van der Waals surface area contributed by atoms with Crippen molar-refractivity contribution in [3.05, 3.63) is 23.4 Å². The Morgan fingerprint density at radius 1 is 1.19 bits per heavy atom. The zero-order valence-corrected chi connectivity index (χ0v) is 12.5. The van der Waals surface area contributed by atoms with Gasteiger partial charge >= 0.3 is 5.97 Å². The van der Waals surface area contributed by atoms with Crippen LogP contribution in [0.3, 0.4) is 0 Å². The molecule has 0 radical (unpaired) electrons. The fourth-order valence-corrected chi connectivity index (χ4v) is 2.41. The molecule has 3 heteroatoms. The molecule has 0 aliphatic carbocycles. The normalized spacial score (nSPS) is 14.3. The molecule has 0 fully saturated rings. The van der Waals surface area contributed by atoms with E-state index < -0.39 is 13.7 Å². The van der Waals surface area contributed by atoms with Crippen LogP contribution in [0.25, 0.3) is 0 Å². The Kier molecular flexibility index (Phi) is 5.20. The first-order valence-electron chi connectivity index (χ1n) is 5.65. The maximum atomic E-state index is 12.0. The van der Waals surface area contributed by atoms with E-state index in [0.717, 1.165) is 5.20 Å². The quantitative estimate of drug-likeness (QED) is 0.325. The lowest BCUT2D eigenvalue weighted by molar-refractivity contribution is -0.149. The summed E-state index contributed by atoms with van der Waals surface area (Å²) in [6.07, 6.45) is 5.71. The molecule has 0 saturated heterocycles. The van der Waals surface area contributed by atoms with E-state index in [-0.39, 0.29) is 5.97 Å². The Labute approximate surface area is 100 Å². The van der Waals surface area contributed by atoms with Crippen molar-refractivity contribution in [2.45, 2.75) is 52.9 Å². The van der Waals surface area contributed by atoms with Gasteiger partial charge in [-0.15, -0.1) is 0 Å². The molecule has 0 spiro atoms. The number of ether oxygens (including phenoxy) is 1. The zero-order valence-electron chi connectivity index (χ0n) is 11.5. The summed E-state index contributed by atoms with van der Waals surface area (Å²) in [5.41, 5.74) is -0.425. The first-order valence-corrected chi connectivity index (χ1v) is 9.15. The van der Waals surface area contributed by atoms with Crippen molar-refractivity contribution < 1.29 is 9.53 Å². The van der Waals surface area contributed by atoms with E-state index in [1.165, 1.54) is 0 Å². The predicted octanol–water partition coefficient (Wildman–Crippen LogP) is 3.71. The van der Waals surface area contributed by atoms with Crippen LogP contribution >= 0.6 is 0 Å². The lowest BCUT2D eigenvalue weighted by Gasteiger charge is -2.25. The minimum atomic E-state index is -1.65. The van der Waals surface area contributed by atoms with Gasteiger partial charge in [-0.2, -0.15) is 0 Å². The molecule has 0 aromatic carbocycles. The summed E-state index contributed by atoms with van der Waals surface area (Å²) in [7, 11) is -1.65. The predicted molar refractivity (Wildman–Crippen MR) is 72.1 cm³/mol. The summed E-state index contributed by atoms with van der Waals surface area (Å²) < 4.78 is 5.42. The van der Waals surface area contributed by atoms with Gasteiger partial charge in [-0.25, -0.2) is 4.79 Å². The molecule has 0 atom stereocenters. The van der Waals surface area contributed by atoms with Gasteiger partial charge in [0.2, 0.25) is 0 Å². The zero-order chi connectivity index (χ0) is 13.0. The highest BCUT2D eigenvalue weighted by Crippen LogP contribution is 2.19. The molecule has 0 amide bonds. The molecular formula is C13H24O2Si. The van der Waals surface area contributed by atoms with Crippen molar-refractivity contribution in [2.75, 3.05) is 0 Å². The van der Waals surface area contributed by atoms with Crippen LogP contribution in [0.4, 0.5) is 0 Å². The van der Waals surface area contributed by atoms with Crippen LogP contribution in [0.2, 0.25) is 19.6 Å². The van der Waals surface area contributed by atoms with Crippen molar-refractivity contribution in [3.63, 3.8) is 0 Å². The second-order valence-electron chi connectivity index (χ2n) is 5.86. The Morgan fingerprint density at radius 2 is 1.69 bits per heavy atom. The van der Waals surface area contributed by atoms with Crippen LogP contribution in [0, 0.1) is 0 Å². The highest BCUT2D eigenvalue weighted by molar-refractivity contribution is 6.87. The van der Waals surface area contributed by atoms with E-state index >= 15 is 0 Å². The smallest absolute Gasteiger partial charge is 0.330 e. The summed E-state index contributed by atoms with van der Waals surface area (Å²) in [4.78, 5) is 12.0. The number of rotatable bonds is 3. The van der Waals surface area contributed by atoms with Crippen LogP contribution in [-0.2, 0) is 9.53 Å². The average Bonchev–Trinajstić information content (AvgIpc) is 1.98. The molecule has 0 aromatic heterocycles. The van der Waals surface area contributed by atoms with E-state index in [0.29, 0.717) is 0 Å². The third-order valence-corrected chi connectivity index (χ3v) is 3.87. The lowest BCUT2D eigenvalue weighted by Crippen LogP contribution is -2.34. The average molecular weight is 240 g/mol. The maximum Gasteiger partial charge on any atom is 0.330 e. The Hall–Kier alpha value is -0.833. The molecule has 0 unspecified atom stereocenters. The second kappa shape index (κ2) is 5.48. The summed E-state index contributed by atoms with van der Waals surface area (Å²) >= 11 is 0. The highest BCUT2D eigenvalue weighted by Gasteiger charge is 2.29. The molecule has 0 saturated carbocycles. The molecule has 0 heterocycles. The monoisotopic (exact) mass is 240 g/mol. The molecule has 16 heavy (non-hydrogen) atoms. The van der Waals surface area contributed by atoms with Crippen LogP contribution in [0.5, 0.6) is 0 Å². The van der Waals surface area contributed by atoms with E-state index in [9.17, 15) is 4.79 Å². The van der Waals surface area contributed by atoms with Gasteiger partial charge in [0.25, 0.3) is 0 Å². The molecule has 0 aliphatic rings. The Bertz CT molecular complexity index is 301. The molecule has 0 rings (SSSR count). The van der Waals surface area contributed by atoms with Crippen LogP contribution < -0.4 is 0 Å². The number of allylic oxidation sites excluding steroid dienone is 3. The number of esters is 1. The molecule has 0 aliphatic heterocycles. The minimum Gasteiger partial charge on any atom is -0.457 e. The van der Waals surface area contributed by atoms with Gasteiger partial charge in [-0.1, -0.05) is 37.9 Å². The van der Waals surface area contributed by atoms with E-state index in [1.807, 2.05) is 45.9 Å². The van der Waals surface area contributed by atoms with Crippen LogP contribution in [0.15, 0.2) is 23.4 Å². The first kappa shape index (κ1) is 15.2. The maximum absolute atomic E-state index is 12.0. The van der Waals surface area contributed by atoms with E-state index in [2.05, 4.69) is 19.6 Å².